The number of rotatable bonds is 6. The Bertz CT molecular complexity index is 927. The minimum Gasteiger partial charge on any atom is -0.479 e. The third-order valence-electron chi connectivity index (χ3n) is 5.27. The number of carbonyl (C=O) groups is 2. The summed E-state index contributed by atoms with van der Waals surface area (Å²) in [7, 11) is 0. The summed E-state index contributed by atoms with van der Waals surface area (Å²) in [6.07, 6.45) is 2.27. The molecule has 1 unspecified atom stereocenters. The topological polar surface area (TPSA) is 73.6 Å². The summed E-state index contributed by atoms with van der Waals surface area (Å²) in [4.78, 5) is 29.5. The molecule has 1 aliphatic rings. The first-order valence-corrected chi connectivity index (χ1v) is 10.3. The fourth-order valence-corrected chi connectivity index (χ4v) is 3.52. The second-order valence-corrected chi connectivity index (χ2v) is 7.57. The van der Waals surface area contributed by atoms with Crippen LogP contribution in [0.1, 0.15) is 37.3 Å². The molecule has 0 saturated carbocycles. The maximum Gasteiger partial charge on any atom is 0.268 e. The average molecular weight is 405 g/mol. The van der Waals surface area contributed by atoms with E-state index >= 15 is 0 Å². The smallest absolute Gasteiger partial charge is 0.268 e. The molecule has 0 aliphatic carbocycles. The van der Waals surface area contributed by atoms with Gasteiger partial charge in [0.05, 0.1) is 5.56 Å². The van der Waals surface area contributed by atoms with Crippen molar-refractivity contribution in [2.75, 3.05) is 24.5 Å². The Balaban J connectivity index is 1.81. The van der Waals surface area contributed by atoms with Gasteiger partial charge in [-0.15, -0.1) is 0 Å². The van der Waals surface area contributed by atoms with E-state index in [9.17, 15) is 14.9 Å². The number of nitriles is 1. The number of hydrogen-bond acceptors (Lipinski definition) is 4. The lowest BCUT2D eigenvalue weighted by molar-refractivity contribution is -0.133. The summed E-state index contributed by atoms with van der Waals surface area (Å²) in [5, 5.41) is 9.27. The van der Waals surface area contributed by atoms with Crippen LogP contribution < -0.4 is 9.64 Å². The quantitative estimate of drug-likeness (QED) is 0.735. The molecule has 0 aromatic heterocycles. The Morgan fingerprint density at radius 1 is 1.10 bits per heavy atom. The van der Waals surface area contributed by atoms with E-state index in [1.165, 1.54) is 4.90 Å². The van der Waals surface area contributed by atoms with E-state index in [1.807, 2.05) is 36.1 Å². The number of amides is 2. The molecule has 6 heteroatoms. The lowest BCUT2D eigenvalue weighted by atomic mass is 10.1. The Kier molecular flexibility index (Phi) is 7.08. The van der Waals surface area contributed by atoms with Gasteiger partial charge in [0.1, 0.15) is 18.4 Å². The van der Waals surface area contributed by atoms with Crippen molar-refractivity contribution in [3.63, 3.8) is 0 Å². The van der Waals surface area contributed by atoms with Crippen LogP contribution in [0.15, 0.2) is 48.5 Å². The van der Waals surface area contributed by atoms with Crippen molar-refractivity contribution in [1.29, 1.82) is 5.26 Å². The van der Waals surface area contributed by atoms with Gasteiger partial charge in [0.25, 0.3) is 5.91 Å². The van der Waals surface area contributed by atoms with E-state index in [0.29, 0.717) is 17.0 Å². The second-order valence-electron chi connectivity index (χ2n) is 7.57. The molecule has 0 bridgehead atoms. The highest BCUT2D eigenvalue weighted by atomic mass is 16.5. The number of likely N-dealkylation sites (tertiary alicyclic amines) is 1. The SMILES string of the molecule is Cc1ccc(N(CC(=O)N2CCCCC2)C(=O)C(C)Oc2ccccc2C#N)cc1. The molecule has 3 rings (SSSR count). The molecule has 1 saturated heterocycles. The second kappa shape index (κ2) is 9.93. The van der Waals surface area contributed by atoms with Gasteiger partial charge in [0, 0.05) is 18.8 Å². The summed E-state index contributed by atoms with van der Waals surface area (Å²) in [5.74, 6) is -0.0303. The van der Waals surface area contributed by atoms with E-state index in [4.69, 9.17) is 4.74 Å². The molecule has 0 radical (unpaired) electrons. The predicted molar refractivity (Wildman–Crippen MR) is 115 cm³/mol. The summed E-state index contributed by atoms with van der Waals surface area (Å²) >= 11 is 0. The van der Waals surface area contributed by atoms with Crippen LogP contribution in [0.5, 0.6) is 5.75 Å². The van der Waals surface area contributed by atoms with E-state index in [1.54, 1.807) is 31.2 Å². The first kappa shape index (κ1) is 21.4. The van der Waals surface area contributed by atoms with E-state index in [-0.39, 0.29) is 18.4 Å². The largest absolute Gasteiger partial charge is 0.479 e. The van der Waals surface area contributed by atoms with Crippen molar-refractivity contribution >= 4 is 17.5 Å². The molecule has 1 atom stereocenters. The van der Waals surface area contributed by atoms with Gasteiger partial charge in [-0.05, 0) is 57.4 Å². The van der Waals surface area contributed by atoms with E-state index in [2.05, 4.69) is 6.07 Å². The molecule has 30 heavy (non-hydrogen) atoms. The molecule has 2 amide bonds. The highest BCUT2D eigenvalue weighted by molar-refractivity contribution is 6.01. The number of anilines is 1. The maximum absolute atomic E-state index is 13.3. The lowest BCUT2D eigenvalue weighted by Crippen LogP contribution is -2.48. The fraction of sp³-hybridized carbons (Fsp3) is 0.375. The number of carbonyl (C=O) groups excluding carboxylic acids is 2. The van der Waals surface area contributed by atoms with Crippen molar-refractivity contribution in [3.05, 3.63) is 59.7 Å². The van der Waals surface area contributed by atoms with Crippen LogP contribution in [0.3, 0.4) is 0 Å². The van der Waals surface area contributed by atoms with Crippen molar-refractivity contribution in [3.8, 4) is 11.8 Å². The van der Waals surface area contributed by atoms with Crippen LogP contribution in [0.2, 0.25) is 0 Å². The Morgan fingerprint density at radius 3 is 2.43 bits per heavy atom. The number of hydrogen-bond donors (Lipinski definition) is 0. The van der Waals surface area contributed by atoms with Crippen LogP contribution in [0.25, 0.3) is 0 Å². The summed E-state index contributed by atoms with van der Waals surface area (Å²) in [6, 6.07) is 16.4. The third kappa shape index (κ3) is 5.18. The van der Waals surface area contributed by atoms with Gasteiger partial charge >= 0.3 is 0 Å². The third-order valence-corrected chi connectivity index (χ3v) is 5.27. The van der Waals surface area contributed by atoms with Gasteiger partial charge in [-0.25, -0.2) is 0 Å². The number of ether oxygens (including phenoxy) is 1. The highest BCUT2D eigenvalue weighted by Crippen LogP contribution is 2.22. The van der Waals surface area contributed by atoms with Gasteiger partial charge in [0.2, 0.25) is 5.91 Å². The molecule has 1 aliphatic heterocycles. The molecular formula is C24H27N3O3. The van der Waals surface area contributed by atoms with E-state index < -0.39 is 6.10 Å². The molecule has 0 N–H and O–H groups in total. The van der Waals surface area contributed by atoms with Crippen molar-refractivity contribution < 1.29 is 14.3 Å². The molecule has 1 fully saturated rings. The molecule has 2 aromatic rings. The number of aryl methyl sites for hydroxylation is 1. The Morgan fingerprint density at radius 2 is 1.77 bits per heavy atom. The summed E-state index contributed by atoms with van der Waals surface area (Å²) in [6.45, 7) is 5.05. The zero-order valence-corrected chi connectivity index (χ0v) is 17.5. The monoisotopic (exact) mass is 405 g/mol. The van der Waals surface area contributed by atoms with Crippen molar-refractivity contribution in [2.45, 2.75) is 39.2 Å². The van der Waals surface area contributed by atoms with Crippen LogP contribution in [0.4, 0.5) is 5.69 Å². The minimum absolute atomic E-state index is 0.0323. The van der Waals surface area contributed by atoms with Crippen LogP contribution in [0, 0.1) is 18.3 Å². The molecule has 0 spiro atoms. The zero-order chi connectivity index (χ0) is 21.5. The zero-order valence-electron chi connectivity index (χ0n) is 17.5. The molecule has 156 valence electrons. The molecule has 1 heterocycles. The van der Waals surface area contributed by atoms with Gasteiger partial charge in [0.15, 0.2) is 6.10 Å². The summed E-state index contributed by atoms with van der Waals surface area (Å²) < 4.78 is 5.81. The first-order valence-electron chi connectivity index (χ1n) is 10.3. The number of benzene rings is 2. The summed E-state index contributed by atoms with van der Waals surface area (Å²) in [5.41, 5.74) is 2.09. The number of nitrogens with zero attached hydrogens (tertiary/aromatic N) is 3. The fourth-order valence-electron chi connectivity index (χ4n) is 3.52. The van der Waals surface area contributed by atoms with Crippen molar-refractivity contribution in [2.24, 2.45) is 0 Å². The van der Waals surface area contributed by atoms with Crippen LogP contribution in [-0.4, -0.2) is 42.5 Å². The Hall–Kier alpha value is -3.33. The average Bonchev–Trinajstić information content (AvgIpc) is 2.78. The van der Waals surface area contributed by atoms with Crippen molar-refractivity contribution in [1.82, 2.24) is 4.90 Å². The van der Waals surface area contributed by atoms with Gasteiger partial charge < -0.3 is 9.64 Å². The maximum atomic E-state index is 13.3. The predicted octanol–water partition coefficient (Wildman–Crippen LogP) is 3.68. The lowest BCUT2D eigenvalue weighted by Gasteiger charge is -2.31. The van der Waals surface area contributed by atoms with Crippen LogP contribution in [-0.2, 0) is 9.59 Å². The minimum atomic E-state index is -0.852. The van der Waals surface area contributed by atoms with Crippen LogP contribution >= 0.6 is 0 Å². The van der Waals surface area contributed by atoms with Gasteiger partial charge in [-0.1, -0.05) is 29.8 Å². The highest BCUT2D eigenvalue weighted by Gasteiger charge is 2.28. The molecule has 2 aromatic carbocycles. The van der Waals surface area contributed by atoms with Gasteiger partial charge in [-0.3, -0.25) is 14.5 Å². The molecular weight excluding hydrogens is 378 g/mol. The first-order chi connectivity index (χ1) is 14.5. The van der Waals surface area contributed by atoms with Gasteiger partial charge in [-0.2, -0.15) is 5.26 Å². The number of piperidine rings is 1. The molecule has 6 nitrogen and oxygen atoms in total. The Labute approximate surface area is 177 Å². The van der Waals surface area contributed by atoms with E-state index in [0.717, 1.165) is 37.9 Å². The standard InChI is InChI=1S/C24H27N3O3/c1-18-10-12-21(13-11-18)27(17-23(28)26-14-6-3-7-15-26)24(29)19(2)30-22-9-5-4-8-20(22)16-25/h4-5,8-13,19H,3,6-7,14-15,17H2,1-2H3. The normalized spacial score (nSPS) is 14.5. The number of para-hydroxylation sites is 1.